The maximum absolute atomic E-state index is 13.2. The van der Waals surface area contributed by atoms with Crippen molar-refractivity contribution in [3.8, 4) is 0 Å². The maximum atomic E-state index is 13.2. The van der Waals surface area contributed by atoms with Crippen molar-refractivity contribution in [1.82, 2.24) is 0 Å². The number of aryl methyl sites for hydroxylation is 1. The zero-order chi connectivity index (χ0) is 13.1. The number of hydrogen-bond donors (Lipinski definition) is 1. The van der Waals surface area contributed by atoms with E-state index < -0.39 is 0 Å². The molecule has 0 radical (unpaired) electrons. The van der Waals surface area contributed by atoms with Gasteiger partial charge in [0.05, 0.1) is 15.2 Å². The lowest BCUT2D eigenvalue weighted by Gasteiger charge is -2.11. The summed E-state index contributed by atoms with van der Waals surface area (Å²) in [5.41, 5.74) is 2.88. The second-order valence-corrected chi connectivity index (χ2v) is 5.23. The zero-order valence-corrected chi connectivity index (χ0v) is 12.1. The number of rotatable bonds is 3. The topological polar surface area (TPSA) is 12.0 Å². The normalized spacial score (nSPS) is 10.4. The van der Waals surface area contributed by atoms with Crippen molar-refractivity contribution in [2.75, 3.05) is 5.32 Å². The predicted octanol–water partition coefficient (Wildman–Crippen LogP) is 5.16. The molecule has 2 aromatic rings. The average molecular weight is 329 g/mol. The summed E-state index contributed by atoms with van der Waals surface area (Å²) in [6.45, 7) is 2.52. The van der Waals surface area contributed by atoms with E-state index in [2.05, 4.69) is 21.2 Å². The molecule has 2 aromatic carbocycles. The van der Waals surface area contributed by atoms with Crippen molar-refractivity contribution in [1.29, 1.82) is 0 Å². The molecular weight excluding hydrogens is 317 g/mol. The number of hydrogen-bond acceptors (Lipinski definition) is 1. The first-order valence-electron chi connectivity index (χ1n) is 5.51. The van der Waals surface area contributed by atoms with E-state index in [-0.39, 0.29) is 5.82 Å². The van der Waals surface area contributed by atoms with Crippen LogP contribution in [0.3, 0.4) is 0 Å². The SMILES string of the molecule is Cc1ccc(F)cc1CNc1cccc(Cl)c1Br. The van der Waals surface area contributed by atoms with Crippen molar-refractivity contribution < 1.29 is 4.39 Å². The number of benzene rings is 2. The van der Waals surface area contributed by atoms with Crippen LogP contribution in [0.5, 0.6) is 0 Å². The minimum atomic E-state index is -0.220. The molecule has 1 nitrogen and oxygen atoms in total. The zero-order valence-electron chi connectivity index (χ0n) is 9.81. The molecule has 94 valence electrons. The molecule has 0 unspecified atom stereocenters. The van der Waals surface area contributed by atoms with Gasteiger partial charge >= 0.3 is 0 Å². The second-order valence-electron chi connectivity index (χ2n) is 4.03. The molecule has 0 aromatic heterocycles. The molecule has 0 saturated carbocycles. The van der Waals surface area contributed by atoms with E-state index in [1.807, 2.05) is 25.1 Å². The van der Waals surface area contributed by atoms with E-state index in [0.29, 0.717) is 11.6 Å². The quantitative estimate of drug-likeness (QED) is 0.820. The molecule has 2 rings (SSSR count). The Bertz CT molecular complexity index is 570. The molecule has 0 heterocycles. The van der Waals surface area contributed by atoms with Gasteiger partial charge in [0.15, 0.2) is 0 Å². The standard InChI is InChI=1S/C14H12BrClFN/c1-9-5-6-11(17)7-10(9)8-18-13-4-2-3-12(16)14(13)15/h2-7,18H,8H2,1H3. The Labute approximate surface area is 119 Å². The largest absolute Gasteiger partial charge is 0.380 e. The van der Waals surface area contributed by atoms with Gasteiger partial charge in [0.2, 0.25) is 0 Å². The van der Waals surface area contributed by atoms with Gasteiger partial charge in [-0.05, 0) is 58.2 Å². The smallest absolute Gasteiger partial charge is 0.123 e. The lowest BCUT2D eigenvalue weighted by molar-refractivity contribution is 0.625. The highest BCUT2D eigenvalue weighted by Crippen LogP contribution is 2.30. The molecule has 0 fully saturated rings. The van der Waals surface area contributed by atoms with Gasteiger partial charge in [0.1, 0.15) is 5.82 Å². The Balaban J connectivity index is 2.16. The highest BCUT2D eigenvalue weighted by molar-refractivity contribution is 9.10. The molecule has 0 saturated heterocycles. The van der Waals surface area contributed by atoms with Gasteiger partial charge in [-0.1, -0.05) is 23.7 Å². The van der Waals surface area contributed by atoms with Gasteiger partial charge < -0.3 is 5.32 Å². The Kier molecular flexibility index (Phi) is 4.25. The fourth-order valence-corrected chi connectivity index (χ4v) is 2.24. The third kappa shape index (κ3) is 3.03. The van der Waals surface area contributed by atoms with Crippen LogP contribution in [0, 0.1) is 12.7 Å². The van der Waals surface area contributed by atoms with Crippen LogP contribution in [0.4, 0.5) is 10.1 Å². The van der Waals surface area contributed by atoms with Crippen molar-refractivity contribution >= 4 is 33.2 Å². The Morgan fingerprint density at radius 1 is 1.28 bits per heavy atom. The predicted molar refractivity (Wildman–Crippen MR) is 77.6 cm³/mol. The summed E-state index contributed by atoms with van der Waals surface area (Å²) in [5, 5.41) is 3.89. The Morgan fingerprint density at radius 2 is 2.06 bits per heavy atom. The third-order valence-corrected chi connectivity index (χ3v) is 4.13. The van der Waals surface area contributed by atoms with Gasteiger partial charge in [0, 0.05) is 6.54 Å². The van der Waals surface area contributed by atoms with E-state index in [0.717, 1.165) is 21.3 Å². The van der Waals surface area contributed by atoms with Crippen molar-refractivity contribution in [3.05, 3.63) is 62.8 Å². The second kappa shape index (κ2) is 5.72. The molecule has 18 heavy (non-hydrogen) atoms. The van der Waals surface area contributed by atoms with Crippen LogP contribution >= 0.6 is 27.5 Å². The molecule has 0 aliphatic heterocycles. The summed E-state index contributed by atoms with van der Waals surface area (Å²) in [4.78, 5) is 0. The molecule has 0 aliphatic rings. The number of halogens is 3. The first-order valence-corrected chi connectivity index (χ1v) is 6.68. The van der Waals surface area contributed by atoms with E-state index in [4.69, 9.17) is 11.6 Å². The lowest BCUT2D eigenvalue weighted by Crippen LogP contribution is -2.02. The van der Waals surface area contributed by atoms with E-state index in [1.54, 1.807) is 12.1 Å². The fourth-order valence-electron chi connectivity index (χ4n) is 1.66. The van der Waals surface area contributed by atoms with Crippen molar-refractivity contribution in [2.24, 2.45) is 0 Å². The van der Waals surface area contributed by atoms with Crippen LogP contribution in [0.25, 0.3) is 0 Å². The molecular formula is C14H12BrClFN. The minimum Gasteiger partial charge on any atom is -0.380 e. The van der Waals surface area contributed by atoms with Crippen molar-refractivity contribution in [3.63, 3.8) is 0 Å². The van der Waals surface area contributed by atoms with Gasteiger partial charge in [0.25, 0.3) is 0 Å². The molecule has 0 aliphatic carbocycles. The average Bonchev–Trinajstić information content (AvgIpc) is 2.35. The number of anilines is 1. The first-order chi connectivity index (χ1) is 8.58. The molecule has 4 heteroatoms. The van der Waals surface area contributed by atoms with Gasteiger partial charge in [-0.3, -0.25) is 0 Å². The summed E-state index contributed by atoms with van der Waals surface area (Å²) < 4.78 is 14.0. The lowest BCUT2D eigenvalue weighted by atomic mass is 10.1. The maximum Gasteiger partial charge on any atom is 0.123 e. The summed E-state index contributed by atoms with van der Waals surface area (Å²) in [5.74, 6) is -0.220. The summed E-state index contributed by atoms with van der Waals surface area (Å²) >= 11 is 9.42. The van der Waals surface area contributed by atoms with Crippen LogP contribution in [0.1, 0.15) is 11.1 Å². The summed E-state index contributed by atoms with van der Waals surface area (Å²) in [7, 11) is 0. The number of nitrogens with one attached hydrogen (secondary N) is 1. The van der Waals surface area contributed by atoms with Gasteiger partial charge in [-0.25, -0.2) is 4.39 Å². The Hall–Kier alpha value is -1.06. The van der Waals surface area contributed by atoms with Gasteiger partial charge in [-0.15, -0.1) is 0 Å². The summed E-state index contributed by atoms with van der Waals surface area (Å²) in [6.07, 6.45) is 0. The van der Waals surface area contributed by atoms with Crippen molar-refractivity contribution in [2.45, 2.75) is 13.5 Å². The van der Waals surface area contributed by atoms with E-state index in [9.17, 15) is 4.39 Å². The fraction of sp³-hybridized carbons (Fsp3) is 0.143. The molecule has 0 amide bonds. The summed E-state index contributed by atoms with van der Waals surface area (Å²) in [6, 6.07) is 10.4. The minimum absolute atomic E-state index is 0.220. The van der Waals surface area contributed by atoms with Crippen LogP contribution in [0.2, 0.25) is 5.02 Å². The molecule has 0 bridgehead atoms. The monoisotopic (exact) mass is 327 g/mol. The highest BCUT2D eigenvalue weighted by Gasteiger charge is 2.05. The first kappa shape index (κ1) is 13.4. The van der Waals surface area contributed by atoms with Crippen LogP contribution < -0.4 is 5.32 Å². The van der Waals surface area contributed by atoms with E-state index >= 15 is 0 Å². The third-order valence-electron chi connectivity index (χ3n) is 2.73. The Morgan fingerprint density at radius 3 is 2.83 bits per heavy atom. The highest BCUT2D eigenvalue weighted by atomic mass is 79.9. The van der Waals surface area contributed by atoms with Crippen LogP contribution in [-0.4, -0.2) is 0 Å². The molecule has 0 atom stereocenters. The molecule has 0 spiro atoms. The van der Waals surface area contributed by atoms with E-state index in [1.165, 1.54) is 6.07 Å². The van der Waals surface area contributed by atoms with Gasteiger partial charge in [-0.2, -0.15) is 0 Å². The molecule has 1 N–H and O–H groups in total. The van der Waals surface area contributed by atoms with Crippen LogP contribution in [0.15, 0.2) is 40.9 Å². The van der Waals surface area contributed by atoms with Crippen LogP contribution in [-0.2, 0) is 6.54 Å².